The van der Waals surface area contributed by atoms with E-state index in [1.165, 1.54) is 17.2 Å². The summed E-state index contributed by atoms with van der Waals surface area (Å²) in [6.07, 6.45) is 1.33. The van der Waals surface area contributed by atoms with Gasteiger partial charge in [0, 0.05) is 18.6 Å². The quantitative estimate of drug-likeness (QED) is 0.377. The lowest BCUT2D eigenvalue weighted by Gasteiger charge is -2.06. The van der Waals surface area contributed by atoms with Gasteiger partial charge in [0.1, 0.15) is 6.54 Å². The molecular formula is C12H16F6N3O2S+. The lowest BCUT2D eigenvalue weighted by atomic mass is 10.3. The third kappa shape index (κ3) is 8.13. The maximum Gasteiger partial charge on any atom is 0.518 e. The summed E-state index contributed by atoms with van der Waals surface area (Å²) < 4.78 is 92.4. The molecule has 0 radical (unpaired) electrons. The van der Waals surface area contributed by atoms with E-state index in [1.54, 1.807) is 0 Å². The lowest BCUT2D eigenvalue weighted by molar-refractivity contribution is -0.697. The largest absolute Gasteiger partial charge is 0.518 e. The third-order valence-electron chi connectivity index (χ3n) is 2.35. The second kappa shape index (κ2) is 8.85. The van der Waals surface area contributed by atoms with Crippen molar-refractivity contribution in [2.45, 2.75) is 38.0 Å². The topological polar surface area (TPSA) is 76.4 Å². The summed E-state index contributed by atoms with van der Waals surface area (Å²) in [5.74, 6) is -2.57. The molecular weight excluding hydrogens is 364 g/mol. The first kappa shape index (κ1) is 22.1. The number of unbranched alkanes of at least 4 members (excludes halogenated alkanes) is 1. The van der Waals surface area contributed by atoms with Gasteiger partial charge >= 0.3 is 21.7 Å². The first-order chi connectivity index (χ1) is 10.8. The summed E-state index contributed by atoms with van der Waals surface area (Å²) >= 11 is 0. The highest BCUT2D eigenvalue weighted by Crippen LogP contribution is 2.26. The molecule has 1 heterocycles. The van der Waals surface area contributed by atoms with Crippen LogP contribution in [0.25, 0.3) is 0 Å². The second-order valence-corrected chi connectivity index (χ2v) is 5.96. The average molecular weight is 380 g/mol. The fraction of sp³-hybridized carbons (Fsp3) is 0.500. The predicted octanol–water partition coefficient (Wildman–Crippen LogP) is 2.53. The number of amidine groups is 1. The van der Waals surface area contributed by atoms with E-state index in [0.29, 0.717) is 0 Å². The molecule has 1 aromatic rings. The highest BCUT2D eigenvalue weighted by atomic mass is 32.2. The van der Waals surface area contributed by atoms with Crippen LogP contribution in [0.2, 0.25) is 0 Å². The van der Waals surface area contributed by atoms with Crippen molar-refractivity contribution in [1.29, 1.82) is 0 Å². The SMILES string of the molecule is CCCC[n+]1ccccc1.NC(=NS(=O)(=O)C(F)(F)F)C(F)(F)F. The number of alkyl halides is 6. The monoisotopic (exact) mass is 380 g/mol. The Bertz CT molecular complexity index is 626. The Morgan fingerprint density at radius 2 is 1.58 bits per heavy atom. The number of aromatic nitrogens is 1. The lowest BCUT2D eigenvalue weighted by Crippen LogP contribution is -2.34. The number of aryl methyl sites for hydroxylation is 1. The van der Waals surface area contributed by atoms with Gasteiger partial charge in [-0.05, 0) is 0 Å². The Labute approximate surface area is 134 Å². The summed E-state index contributed by atoms with van der Waals surface area (Å²) in [6.45, 7) is 3.36. The van der Waals surface area contributed by atoms with E-state index in [4.69, 9.17) is 0 Å². The van der Waals surface area contributed by atoms with Crippen LogP contribution in [0, 0.1) is 0 Å². The van der Waals surface area contributed by atoms with Crippen LogP contribution in [-0.4, -0.2) is 25.9 Å². The van der Waals surface area contributed by atoms with Crippen LogP contribution in [0.3, 0.4) is 0 Å². The van der Waals surface area contributed by atoms with Crippen molar-refractivity contribution in [2.75, 3.05) is 0 Å². The molecule has 0 atom stereocenters. The van der Waals surface area contributed by atoms with Crippen molar-refractivity contribution in [2.24, 2.45) is 10.1 Å². The van der Waals surface area contributed by atoms with Crippen LogP contribution in [0.15, 0.2) is 35.0 Å². The molecule has 0 spiro atoms. The van der Waals surface area contributed by atoms with Crippen LogP contribution < -0.4 is 10.3 Å². The van der Waals surface area contributed by atoms with Crippen LogP contribution in [0.1, 0.15) is 19.8 Å². The van der Waals surface area contributed by atoms with E-state index < -0.39 is 27.5 Å². The van der Waals surface area contributed by atoms with Crippen LogP contribution in [0.4, 0.5) is 26.3 Å². The minimum atomic E-state index is -6.24. The Morgan fingerprint density at radius 1 is 1.08 bits per heavy atom. The maximum absolute atomic E-state index is 11.5. The standard InChI is InChI=1S/C9H14N.C3H2F6N2O2S/c1-2-3-7-10-8-5-4-6-9-10;4-2(5,6)1(10)11-14(12,13)3(7,8)9/h4-6,8-9H,2-3,7H2,1H3;(H2,10,11)/q+1;. The van der Waals surface area contributed by atoms with Crippen molar-refractivity contribution in [3.05, 3.63) is 30.6 Å². The number of pyridine rings is 1. The van der Waals surface area contributed by atoms with Crippen molar-refractivity contribution >= 4 is 15.9 Å². The maximum atomic E-state index is 11.5. The molecule has 12 heteroatoms. The molecule has 24 heavy (non-hydrogen) atoms. The number of hydrogen-bond acceptors (Lipinski definition) is 2. The number of halogens is 6. The summed E-state index contributed by atoms with van der Waals surface area (Å²) in [4.78, 5) is 0. The molecule has 0 saturated carbocycles. The van der Waals surface area contributed by atoms with E-state index in [2.05, 4.69) is 41.8 Å². The summed E-state index contributed by atoms with van der Waals surface area (Å²) in [7, 11) is -6.24. The average Bonchev–Trinajstić information content (AvgIpc) is 2.44. The molecule has 1 aromatic heterocycles. The smallest absolute Gasteiger partial charge is 0.379 e. The molecule has 0 aromatic carbocycles. The van der Waals surface area contributed by atoms with Crippen molar-refractivity contribution in [3.63, 3.8) is 0 Å². The first-order valence-corrected chi connectivity index (χ1v) is 7.93. The molecule has 0 amide bonds. The Kier molecular flexibility index (Phi) is 8.17. The van der Waals surface area contributed by atoms with Crippen LogP contribution in [0.5, 0.6) is 0 Å². The Balaban J connectivity index is 0.000000463. The van der Waals surface area contributed by atoms with E-state index in [0.717, 1.165) is 6.54 Å². The normalized spacial score (nSPS) is 13.2. The second-order valence-electron chi connectivity index (χ2n) is 4.36. The molecule has 0 aliphatic rings. The summed E-state index contributed by atoms with van der Waals surface area (Å²) in [5, 5.41) is 0. The molecule has 0 saturated heterocycles. The zero-order valence-corrected chi connectivity index (χ0v) is 13.3. The van der Waals surface area contributed by atoms with Gasteiger partial charge < -0.3 is 5.73 Å². The highest BCUT2D eigenvalue weighted by Gasteiger charge is 2.48. The van der Waals surface area contributed by atoms with Gasteiger partial charge in [-0.15, -0.1) is 4.40 Å². The van der Waals surface area contributed by atoms with Gasteiger partial charge in [-0.3, -0.25) is 0 Å². The minimum absolute atomic E-state index is 1.15. The number of sulfonamides is 1. The predicted molar refractivity (Wildman–Crippen MR) is 74.2 cm³/mol. The molecule has 0 unspecified atom stereocenters. The Hall–Kier alpha value is -1.85. The minimum Gasteiger partial charge on any atom is -0.379 e. The van der Waals surface area contributed by atoms with Gasteiger partial charge in [0.15, 0.2) is 12.4 Å². The molecule has 2 N–H and O–H groups in total. The van der Waals surface area contributed by atoms with Gasteiger partial charge in [0.25, 0.3) is 0 Å². The van der Waals surface area contributed by atoms with Gasteiger partial charge in [0.2, 0.25) is 5.84 Å². The molecule has 1 rings (SSSR count). The number of nitrogens with zero attached hydrogens (tertiary/aromatic N) is 2. The van der Waals surface area contributed by atoms with Crippen molar-refractivity contribution in [1.82, 2.24) is 0 Å². The van der Waals surface area contributed by atoms with Crippen LogP contribution >= 0.6 is 0 Å². The van der Waals surface area contributed by atoms with Gasteiger partial charge in [-0.25, -0.2) is 4.57 Å². The number of nitrogens with two attached hydrogens (primary N) is 1. The van der Waals surface area contributed by atoms with Crippen molar-refractivity contribution < 1.29 is 39.3 Å². The fourth-order valence-corrected chi connectivity index (χ4v) is 1.62. The Morgan fingerprint density at radius 3 is 1.96 bits per heavy atom. The molecule has 0 aliphatic heterocycles. The molecule has 138 valence electrons. The van der Waals surface area contributed by atoms with Crippen LogP contribution in [-0.2, 0) is 16.6 Å². The zero-order chi connectivity index (χ0) is 19.0. The summed E-state index contributed by atoms with van der Waals surface area (Å²) in [5.41, 5.74) is -1.92. The van der Waals surface area contributed by atoms with Gasteiger partial charge in [-0.1, -0.05) is 19.4 Å². The van der Waals surface area contributed by atoms with E-state index >= 15 is 0 Å². The fourth-order valence-electron chi connectivity index (χ4n) is 1.16. The van der Waals surface area contributed by atoms with Crippen molar-refractivity contribution in [3.8, 4) is 0 Å². The number of rotatable bonds is 4. The molecule has 0 fully saturated rings. The third-order valence-corrected chi connectivity index (χ3v) is 3.37. The molecule has 5 nitrogen and oxygen atoms in total. The summed E-state index contributed by atoms with van der Waals surface area (Å²) in [6, 6.07) is 6.17. The molecule has 0 bridgehead atoms. The first-order valence-electron chi connectivity index (χ1n) is 6.49. The molecule has 0 aliphatic carbocycles. The van der Waals surface area contributed by atoms with E-state index in [-0.39, 0.29) is 0 Å². The number of hydrogen-bond donors (Lipinski definition) is 1. The van der Waals surface area contributed by atoms with E-state index in [1.807, 2.05) is 6.07 Å². The van der Waals surface area contributed by atoms with E-state index in [9.17, 15) is 34.8 Å². The highest BCUT2D eigenvalue weighted by molar-refractivity contribution is 7.91. The van der Waals surface area contributed by atoms with Gasteiger partial charge in [-0.2, -0.15) is 34.8 Å². The van der Waals surface area contributed by atoms with Gasteiger partial charge in [0.05, 0.1) is 0 Å². The zero-order valence-electron chi connectivity index (χ0n) is 12.5.